The molecule has 4 heteroatoms. The molecule has 2 fully saturated rings. The lowest BCUT2D eigenvalue weighted by Crippen LogP contribution is -2.24. The SMILES string of the molecule is [B][C@@H]1O[C@H](COC(C)C)[C@H]2SC12. The van der Waals surface area contributed by atoms with Crippen molar-refractivity contribution in [1.82, 2.24) is 0 Å². The highest BCUT2D eigenvalue weighted by Crippen LogP contribution is 2.52. The predicted octanol–water partition coefficient (Wildman–Crippen LogP) is 0.789. The zero-order chi connectivity index (χ0) is 8.72. The number of hydrogen-bond donors (Lipinski definition) is 0. The van der Waals surface area contributed by atoms with E-state index in [4.69, 9.17) is 17.3 Å². The van der Waals surface area contributed by atoms with Gasteiger partial charge in [-0.1, -0.05) is 0 Å². The lowest BCUT2D eigenvalue weighted by atomic mass is 9.97. The molecular formula is C8H13BO2S. The van der Waals surface area contributed by atoms with Crippen molar-refractivity contribution >= 4 is 19.6 Å². The molecule has 0 aliphatic carbocycles. The first-order valence-electron chi connectivity index (χ1n) is 4.36. The van der Waals surface area contributed by atoms with E-state index in [1.807, 2.05) is 25.6 Å². The Morgan fingerprint density at radius 1 is 1.50 bits per heavy atom. The minimum atomic E-state index is -0.0548. The van der Waals surface area contributed by atoms with Crippen LogP contribution in [0.1, 0.15) is 13.8 Å². The molecule has 2 aliphatic heterocycles. The second-order valence-electron chi connectivity index (χ2n) is 3.59. The van der Waals surface area contributed by atoms with Crippen molar-refractivity contribution in [2.45, 2.75) is 42.6 Å². The Balaban J connectivity index is 1.76. The molecule has 4 atom stereocenters. The van der Waals surface area contributed by atoms with Crippen molar-refractivity contribution in [1.29, 1.82) is 0 Å². The van der Waals surface area contributed by atoms with Crippen LogP contribution in [0.2, 0.25) is 0 Å². The van der Waals surface area contributed by atoms with Gasteiger partial charge in [0.1, 0.15) is 7.85 Å². The van der Waals surface area contributed by atoms with E-state index in [1.54, 1.807) is 0 Å². The summed E-state index contributed by atoms with van der Waals surface area (Å²) in [6, 6.07) is -0.0548. The third-order valence-corrected chi connectivity index (χ3v) is 3.65. The first kappa shape index (κ1) is 8.91. The number of hydrogen-bond acceptors (Lipinski definition) is 3. The monoisotopic (exact) mass is 184 g/mol. The standard InChI is InChI=1S/C8H13BO2S/c1-4(2)10-3-5-6-7(12-6)8(9)11-5/h4-8H,3H2,1-2H3/t5-,6-,7?,8-/m1/s1. The lowest BCUT2D eigenvalue weighted by Gasteiger charge is -2.16. The molecule has 2 heterocycles. The van der Waals surface area contributed by atoms with Crippen LogP contribution in [-0.4, -0.2) is 43.2 Å². The molecule has 0 bridgehead atoms. The van der Waals surface area contributed by atoms with E-state index in [0.29, 0.717) is 17.1 Å². The van der Waals surface area contributed by atoms with Crippen molar-refractivity contribution in [3.05, 3.63) is 0 Å². The number of rotatable bonds is 3. The van der Waals surface area contributed by atoms with Crippen molar-refractivity contribution in [3.8, 4) is 0 Å². The molecule has 2 aliphatic rings. The summed E-state index contributed by atoms with van der Waals surface area (Å²) in [5.74, 6) is 0. The average molecular weight is 184 g/mol. The van der Waals surface area contributed by atoms with Crippen LogP contribution in [0.25, 0.3) is 0 Å². The number of ether oxygens (including phenoxy) is 2. The first-order valence-corrected chi connectivity index (χ1v) is 5.31. The van der Waals surface area contributed by atoms with Crippen LogP contribution in [0.5, 0.6) is 0 Å². The van der Waals surface area contributed by atoms with E-state index in [9.17, 15) is 0 Å². The van der Waals surface area contributed by atoms with Gasteiger partial charge in [0.15, 0.2) is 0 Å². The summed E-state index contributed by atoms with van der Waals surface area (Å²) in [7, 11) is 5.72. The third-order valence-electron chi connectivity index (χ3n) is 2.18. The van der Waals surface area contributed by atoms with Gasteiger partial charge in [-0.3, -0.25) is 0 Å². The predicted molar refractivity (Wildman–Crippen MR) is 50.7 cm³/mol. The highest BCUT2D eigenvalue weighted by atomic mass is 32.2. The molecule has 0 saturated carbocycles. The smallest absolute Gasteiger partial charge is 0.110 e. The highest BCUT2D eigenvalue weighted by molar-refractivity contribution is 8.08. The fourth-order valence-corrected chi connectivity index (χ4v) is 2.62. The van der Waals surface area contributed by atoms with E-state index in [-0.39, 0.29) is 18.2 Å². The van der Waals surface area contributed by atoms with Crippen LogP contribution in [0.3, 0.4) is 0 Å². The molecule has 0 N–H and O–H groups in total. The molecule has 0 aromatic rings. The molecule has 12 heavy (non-hydrogen) atoms. The van der Waals surface area contributed by atoms with Crippen LogP contribution in [0, 0.1) is 0 Å². The molecule has 2 radical (unpaired) electrons. The Hall–Kier alpha value is 0.335. The van der Waals surface area contributed by atoms with Gasteiger partial charge in [-0.05, 0) is 13.8 Å². The largest absolute Gasteiger partial charge is 0.380 e. The molecular weight excluding hydrogens is 171 g/mol. The fourth-order valence-electron chi connectivity index (χ4n) is 1.48. The van der Waals surface area contributed by atoms with Gasteiger partial charge in [-0.2, -0.15) is 0 Å². The van der Waals surface area contributed by atoms with E-state index in [1.165, 1.54) is 0 Å². The van der Waals surface area contributed by atoms with Gasteiger partial charge in [0.2, 0.25) is 0 Å². The van der Waals surface area contributed by atoms with E-state index in [2.05, 4.69) is 0 Å². The van der Waals surface area contributed by atoms with Crippen LogP contribution < -0.4 is 0 Å². The maximum atomic E-state index is 5.72. The van der Waals surface area contributed by atoms with Gasteiger partial charge in [0, 0.05) is 16.5 Å². The second kappa shape index (κ2) is 3.24. The van der Waals surface area contributed by atoms with E-state index < -0.39 is 0 Å². The van der Waals surface area contributed by atoms with Crippen LogP contribution in [0.4, 0.5) is 0 Å². The first-order chi connectivity index (χ1) is 5.68. The summed E-state index contributed by atoms with van der Waals surface area (Å²) in [4.78, 5) is 0. The molecule has 0 spiro atoms. The van der Waals surface area contributed by atoms with Crippen LogP contribution >= 0.6 is 11.8 Å². The summed E-state index contributed by atoms with van der Waals surface area (Å²) in [5.41, 5.74) is 0. The quantitative estimate of drug-likeness (QED) is 0.477. The lowest BCUT2D eigenvalue weighted by molar-refractivity contribution is -0.0151. The highest BCUT2D eigenvalue weighted by Gasteiger charge is 2.54. The Labute approximate surface area is 78.8 Å². The Morgan fingerprint density at radius 3 is 2.67 bits per heavy atom. The van der Waals surface area contributed by atoms with Crippen LogP contribution in [-0.2, 0) is 9.47 Å². The molecule has 0 amide bonds. The average Bonchev–Trinajstić information content (AvgIpc) is 2.71. The topological polar surface area (TPSA) is 18.5 Å². The zero-order valence-electron chi connectivity index (χ0n) is 7.40. The maximum Gasteiger partial charge on any atom is 0.110 e. The zero-order valence-corrected chi connectivity index (χ0v) is 8.21. The molecule has 66 valence electrons. The number of thioether (sulfide) groups is 1. The molecule has 2 saturated heterocycles. The molecule has 2 nitrogen and oxygen atoms in total. The summed E-state index contributed by atoms with van der Waals surface area (Å²) in [6.45, 7) is 4.76. The Morgan fingerprint density at radius 2 is 2.25 bits per heavy atom. The van der Waals surface area contributed by atoms with Gasteiger partial charge in [-0.25, -0.2) is 0 Å². The maximum absolute atomic E-state index is 5.72. The van der Waals surface area contributed by atoms with Crippen molar-refractivity contribution < 1.29 is 9.47 Å². The van der Waals surface area contributed by atoms with Gasteiger partial charge >= 0.3 is 0 Å². The molecule has 1 unspecified atom stereocenters. The van der Waals surface area contributed by atoms with Crippen LogP contribution in [0.15, 0.2) is 0 Å². The van der Waals surface area contributed by atoms with Gasteiger partial charge in [-0.15, -0.1) is 11.8 Å². The minimum absolute atomic E-state index is 0.0548. The second-order valence-corrected chi connectivity index (χ2v) is 4.95. The molecule has 0 aromatic carbocycles. The molecule has 0 aromatic heterocycles. The van der Waals surface area contributed by atoms with Gasteiger partial charge < -0.3 is 9.47 Å². The summed E-state index contributed by atoms with van der Waals surface area (Å²) >= 11 is 1.92. The van der Waals surface area contributed by atoms with Crippen molar-refractivity contribution in [2.24, 2.45) is 0 Å². The minimum Gasteiger partial charge on any atom is -0.380 e. The summed E-state index contributed by atoms with van der Waals surface area (Å²) in [6.07, 6.45) is 0.519. The summed E-state index contributed by atoms with van der Waals surface area (Å²) in [5, 5.41) is 1.16. The fraction of sp³-hybridized carbons (Fsp3) is 1.00. The van der Waals surface area contributed by atoms with Crippen molar-refractivity contribution in [2.75, 3.05) is 6.61 Å². The van der Waals surface area contributed by atoms with E-state index >= 15 is 0 Å². The van der Waals surface area contributed by atoms with E-state index in [0.717, 1.165) is 0 Å². The van der Waals surface area contributed by atoms with Gasteiger partial charge in [0.05, 0.1) is 18.8 Å². The van der Waals surface area contributed by atoms with Gasteiger partial charge in [0.25, 0.3) is 0 Å². The Bertz CT molecular complexity index is 176. The third kappa shape index (κ3) is 1.65. The number of fused-ring (bicyclic) bond motifs is 1. The summed E-state index contributed by atoms with van der Waals surface area (Å²) < 4.78 is 11.0. The molecule has 2 rings (SSSR count). The normalized spacial score (nSPS) is 44.9. The van der Waals surface area contributed by atoms with Crippen molar-refractivity contribution in [3.63, 3.8) is 0 Å². The Kier molecular flexibility index (Phi) is 2.41.